The Morgan fingerprint density at radius 1 is 1.42 bits per heavy atom. The van der Waals surface area contributed by atoms with Gasteiger partial charge in [0.1, 0.15) is 0 Å². The lowest BCUT2D eigenvalue weighted by atomic mass is 9.84. The van der Waals surface area contributed by atoms with Crippen molar-refractivity contribution in [3.63, 3.8) is 0 Å². The van der Waals surface area contributed by atoms with Crippen molar-refractivity contribution in [3.8, 4) is 0 Å². The lowest BCUT2D eigenvalue weighted by Gasteiger charge is -2.25. The SMILES string of the molecule is C=C=CC[C@H](O)C1CCCCC1. The molecule has 1 heteroatoms. The molecule has 68 valence electrons. The number of aliphatic hydroxyl groups excluding tert-OH is 1. The lowest BCUT2D eigenvalue weighted by Crippen LogP contribution is -2.21. The second kappa shape index (κ2) is 5.18. The summed E-state index contributed by atoms with van der Waals surface area (Å²) in [7, 11) is 0. The molecule has 1 rings (SSSR count). The Bertz CT molecular complexity index is 162. The van der Waals surface area contributed by atoms with E-state index in [-0.39, 0.29) is 6.10 Å². The molecule has 0 bridgehead atoms. The van der Waals surface area contributed by atoms with Gasteiger partial charge in [-0.05, 0) is 31.3 Å². The van der Waals surface area contributed by atoms with Crippen LogP contribution in [-0.4, -0.2) is 11.2 Å². The van der Waals surface area contributed by atoms with Gasteiger partial charge in [-0.25, -0.2) is 0 Å². The Labute approximate surface area is 74.8 Å². The molecule has 1 fully saturated rings. The Morgan fingerprint density at radius 3 is 2.67 bits per heavy atom. The fourth-order valence-electron chi connectivity index (χ4n) is 1.92. The molecule has 0 radical (unpaired) electrons. The van der Waals surface area contributed by atoms with Gasteiger partial charge in [-0.15, -0.1) is 5.73 Å². The molecule has 0 amide bonds. The van der Waals surface area contributed by atoms with Crippen LogP contribution >= 0.6 is 0 Å². The van der Waals surface area contributed by atoms with Crippen molar-refractivity contribution < 1.29 is 5.11 Å². The summed E-state index contributed by atoms with van der Waals surface area (Å²) in [5, 5.41) is 9.71. The number of hydrogen-bond donors (Lipinski definition) is 1. The third-order valence-electron chi connectivity index (χ3n) is 2.70. The highest BCUT2D eigenvalue weighted by Gasteiger charge is 2.20. The Kier molecular flexibility index (Phi) is 4.13. The fourth-order valence-corrected chi connectivity index (χ4v) is 1.92. The zero-order chi connectivity index (χ0) is 8.81. The van der Waals surface area contributed by atoms with Crippen LogP contribution in [0.25, 0.3) is 0 Å². The molecule has 1 saturated carbocycles. The summed E-state index contributed by atoms with van der Waals surface area (Å²) in [5.41, 5.74) is 2.70. The third kappa shape index (κ3) is 2.84. The number of rotatable bonds is 3. The molecule has 1 N–H and O–H groups in total. The van der Waals surface area contributed by atoms with Crippen LogP contribution in [0.15, 0.2) is 18.4 Å². The summed E-state index contributed by atoms with van der Waals surface area (Å²) < 4.78 is 0. The molecule has 1 nitrogen and oxygen atoms in total. The smallest absolute Gasteiger partial charge is 0.0608 e. The predicted molar refractivity (Wildman–Crippen MR) is 50.9 cm³/mol. The van der Waals surface area contributed by atoms with Gasteiger partial charge in [0.2, 0.25) is 0 Å². The molecule has 0 spiro atoms. The molecule has 0 unspecified atom stereocenters. The van der Waals surface area contributed by atoms with Gasteiger partial charge in [-0.3, -0.25) is 0 Å². The third-order valence-corrected chi connectivity index (χ3v) is 2.70. The molecule has 0 aromatic rings. The summed E-state index contributed by atoms with van der Waals surface area (Å²) in [6, 6.07) is 0. The minimum Gasteiger partial charge on any atom is -0.392 e. The van der Waals surface area contributed by atoms with E-state index in [1.807, 2.05) is 6.08 Å². The first-order valence-corrected chi connectivity index (χ1v) is 4.87. The fraction of sp³-hybridized carbons (Fsp3) is 0.727. The van der Waals surface area contributed by atoms with E-state index in [0.29, 0.717) is 5.92 Å². The van der Waals surface area contributed by atoms with Gasteiger partial charge < -0.3 is 5.11 Å². The molecule has 1 aliphatic carbocycles. The average molecular weight is 166 g/mol. The largest absolute Gasteiger partial charge is 0.392 e. The maximum absolute atomic E-state index is 9.71. The lowest BCUT2D eigenvalue weighted by molar-refractivity contribution is 0.0874. The molecule has 12 heavy (non-hydrogen) atoms. The minimum atomic E-state index is -0.153. The van der Waals surface area contributed by atoms with Crippen molar-refractivity contribution in [3.05, 3.63) is 18.4 Å². The summed E-state index contributed by atoms with van der Waals surface area (Å²) in [6.07, 6.45) is 8.74. The summed E-state index contributed by atoms with van der Waals surface area (Å²) in [5.74, 6) is 0.531. The van der Waals surface area contributed by atoms with Gasteiger partial charge in [0, 0.05) is 0 Å². The van der Waals surface area contributed by atoms with E-state index in [1.54, 1.807) is 0 Å². The van der Waals surface area contributed by atoms with Gasteiger partial charge in [0.25, 0.3) is 0 Å². The van der Waals surface area contributed by atoms with Crippen molar-refractivity contribution in [1.82, 2.24) is 0 Å². The molecule has 1 aliphatic rings. The highest BCUT2D eigenvalue weighted by Crippen LogP contribution is 2.27. The summed E-state index contributed by atoms with van der Waals surface area (Å²) in [4.78, 5) is 0. The standard InChI is InChI=1S/C11H18O/c1-2-3-9-11(12)10-7-5-4-6-8-10/h3,10-12H,1,4-9H2/t11-/m0/s1. The highest BCUT2D eigenvalue weighted by atomic mass is 16.3. The van der Waals surface area contributed by atoms with Crippen molar-refractivity contribution in [2.75, 3.05) is 0 Å². The quantitative estimate of drug-likeness (QED) is 0.639. The van der Waals surface area contributed by atoms with Crippen LogP contribution < -0.4 is 0 Å². The van der Waals surface area contributed by atoms with E-state index in [4.69, 9.17) is 0 Å². The van der Waals surface area contributed by atoms with Crippen molar-refractivity contribution in [1.29, 1.82) is 0 Å². The second-order valence-electron chi connectivity index (χ2n) is 3.61. The van der Waals surface area contributed by atoms with Gasteiger partial charge in [0.15, 0.2) is 0 Å². The zero-order valence-electron chi connectivity index (χ0n) is 7.63. The van der Waals surface area contributed by atoms with Crippen LogP contribution in [0.2, 0.25) is 0 Å². The number of aliphatic hydroxyl groups is 1. The summed E-state index contributed by atoms with van der Waals surface area (Å²) >= 11 is 0. The minimum absolute atomic E-state index is 0.153. The van der Waals surface area contributed by atoms with Gasteiger partial charge in [-0.1, -0.05) is 25.8 Å². The van der Waals surface area contributed by atoms with Crippen LogP contribution in [0.5, 0.6) is 0 Å². The Morgan fingerprint density at radius 2 is 2.08 bits per heavy atom. The molecule has 0 aromatic heterocycles. The van der Waals surface area contributed by atoms with E-state index < -0.39 is 0 Å². The van der Waals surface area contributed by atoms with Gasteiger partial charge in [0.05, 0.1) is 6.10 Å². The van der Waals surface area contributed by atoms with Crippen LogP contribution in [0.3, 0.4) is 0 Å². The van der Waals surface area contributed by atoms with Crippen LogP contribution in [-0.2, 0) is 0 Å². The molecule has 0 heterocycles. The molecule has 0 aromatic carbocycles. The highest BCUT2D eigenvalue weighted by molar-refractivity contribution is 4.83. The summed E-state index contributed by atoms with van der Waals surface area (Å²) in [6.45, 7) is 3.49. The first kappa shape index (κ1) is 9.57. The normalized spacial score (nSPS) is 21.4. The van der Waals surface area contributed by atoms with E-state index in [2.05, 4.69) is 12.3 Å². The zero-order valence-corrected chi connectivity index (χ0v) is 7.63. The average Bonchev–Trinajstić information content (AvgIpc) is 2.15. The van der Waals surface area contributed by atoms with Crippen LogP contribution in [0.4, 0.5) is 0 Å². The number of hydrogen-bond acceptors (Lipinski definition) is 1. The maximum Gasteiger partial charge on any atom is 0.0608 e. The van der Waals surface area contributed by atoms with E-state index in [1.165, 1.54) is 32.1 Å². The van der Waals surface area contributed by atoms with Crippen LogP contribution in [0, 0.1) is 5.92 Å². The van der Waals surface area contributed by atoms with Gasteiger partial charge >= 0.3 is 0 Å². The predicted octanol–water partition coefficient (Wildman–Crippen LogP) is 2.66. The first-order chi connectivity index (χ1) is 5.84. The molecule has 0 saturated heterocycles. The molecular formula is C11H18O. The Balaban J connectivity index is 2.28. The molecular weight excluding hydrogens is 148 g/mol. The molecule has 0 aliphatic heterocycles. The van der Waals surface area contributed by atoms with E-state index in [9.17, 15) is 5.11 Å². The van der Waals surface area contributed by atoms with Crippen LogP contribution in [0.1, 0.15) is 38.5 Å². The van der Waals surface area contributed by atoms with E-state index in [0.717, 1.165) is 6.42 Å². The van der Waals surface area contributed by atoms with Crippen molar-refractivity contribution >= 4 is 0 Å². The monoisotopic (exact) mass is 166 g/mol. The second-order valence-corrected chi connectivity index (χ2v) is 3.61. The van der Waals surface area contributed by atoms with Crippen molar-refractivity contribution in [2.24, 2.45) is 5.92 Å². The van der Waals surface area contributed by atoms with Crippen molar-refractivity contribution in [2.45, 2.75) is 44.6 Å². The van der Waals surface area contributed by atoms with E-state index >= 15 is 0 Å². The van der Waals surface area contributed by atoms with Gasteiger partial charge in [-0.2, -0.15) is 0 Å². The maximum atomic E-state index is 9.71. The Hall–Kier alpha value is -0.520. The first-order valence-electron chi connectivity index (χ1n) is 4.87. The topological polar surface area (TPSA) is 20.2 Å². The molecule has 1 atom stereocenters.